The summed E-state index contributed by atoms with van der Waals surface area (Å²) in [7, 11) is 0. The highest BCUT2D eigenvalue weighted by Gasteiger charge is 2.07. The minimum Gasteiger partial charge on any atom is -0.468 e. The van der Waals surface area contributed by atoms with Crippen LogP contribution in [-0.2, 0) is 5.75 Å². The standard InChI is InChI=1S/C21H19N3O2S/c25-21(22-11-13-27-14-18-4-3-12-26-18)16-7-9-17(10-8-16)24-15-23-19-5-1-2-6-20(19)24/h1-10,12,15H,11,13-14H2,(H,22,25). The van der Waals surface area contributed by atoms with Crippen LogP contribution in [0.5, 0.6) is 0 Å². The van der Waals surface area contributed by atoms with E-state index in [1.54, 1.807) is 24.4 Å². The lowest BCUT2D eigenvalue weighted by Gasteiger charge is -2.07. The molecule has 5 nitrogen and oxygen atoms in total. The Kier molecular flexibility index (Phi) is 5.25. The number of rotatable bonds is 7. The van der Waals surface area contributed by atoms with Crippen LogP contribution in [0.3, 0.4) is 0 Å². The third kappa shape index (κ3) is 4.06. The van der Waals surface area contributed by atoms with Crippen LogP contribution < -0.4 is 5.32 Å². The van der Waals surface area contributed by atoms with Gasteiger partial charge in [0.25, 0.3) is 5.91 Å². The zero-order valence-electron chi connectivity index (χ0n) is 14.7. The lowest BCUT2D eigenvalue weighted by molar-refractivity contribution is 0.0956. The van der Waals surface area contributed by atoms with Gasteiger partial charge in [-0.15, -0.1) is 0 Å². The number of carbonyl (C=O) groups excluding carboxylic acids is 1. The number of hydrogen-bond acceptors (Lipinski definition) is 4. The Hall–Kier alpha value is -2.99. The maximum absolute atomic E-state index is 12.3. The molecule has 0 saturated heterocycles. The molecule has 0 radical (unpaired) electrons. The normalized spacial score (nSPS) is 11.0. The number of amides is 1. The van der Waals surface area contributed by atoms with Gasteiger partial charge in [-0.25, -0.2) is 4.98 Å². The number of fused-ring (bicyclic) bond motifs is 1. The van der Waals surface area contributed by atoms with E-state index >= 15 is 0 Å². The van der Waals surface area contributed by atoms with Gasteiger partial charge in [0, 0.05) is 23.5 Å². The summed E-state index contributed by atoms with van der Waals surface area (Å²) in [6, 6.07) is 19.4. The highest BCUT2D eigenvalue weighted by molar-refractivity contribution is 7.98. The predicted molar refractivity (Wildman–Crippen MR) is 108 cm³/mol. The van der Waals surface area contributed by atoms with Gasteiger partial charge in [0.2, 0.25) is 0 Å². The van der Waals surface area contributed by atoms with E-state index in [0.717, 1.165) is 34.0 Å². The van der Waals surface area contributed by atoms with E-state index in [1.165, 1.54) is 0 Å². The summed E-state index contributed by atoms with van der Waals surface area (Å²) in [6.45, 7) is 0.623. The molecule has 2 aromatic carbocycles. The fourth-order valence-electron chi connectivity index (χ4n) is 2.84. The topological polar surface area (TPSA) is 60.1 Å². The van der Waals surface area contributed by atoms with Crippen LogP contribution >= 0.6 is 11.8 Å². The van der Waals surface area contributed by atoms with Crippen LogP contribution in [0.2, 0.25) is 0 Å². The minimum absolute atomic E-state index is 0.0596. The van der Waals surface area contributed by atoms with Crippen molar-refractivity contribution in [1.82, 2.24) is 14.9 Å². The molecule has 0 unspecified atom stereocenters. The van der Waals surface area contributed by atoms with Crippen LogP contribution in [0.4, 0.5) is 0 Å². The van der Waals surface area contributed by atoms with Gasteiger partial charge in [-0.1, -0.05) is 12.1 Å². The Morgan fingerprint density at radius 2 is 1.93 bits per heavy atom. The zero-order valence-corrected chi connectivity index (χ0v) is 15.5. The van der Waals surface area contributed by atoms with Gasteiger partial charge in [0.15, 0.2) is 0 Å². The number of imidazole rings is 1. The van der Waals surface area contributed by atoms with Gasteiger partial charge < -0.3 is 9.73 Å². The fourth-order valence-corrected chi connectivity index (χ4v) is 3.60. The molecular weight excluding hydrogens is 358 g/mol. The highest BCUT2D eigenvalue weighted by Crippen LogP contribution is 2.18. The van der Waals surface area contributed by atoms with Crippen molar-refractivity contribution in [1.29, 1.82) is 0 Å². The molecule has 4 aromatic rings. The van der Waals surface area contributed by atoms with Gasteiger partial charge in [-0.05, 0) is 48.5 Å². The lowest BCUT2D eigenvalue weighted by atomic mass is 10.2. The second-order valence-electron chi connectivity index (χ2n) is 6.04. The highest BCUT2D eigenvalue weighted by atomic mass is 32.2. The Bertz CT molecular complexity index is 1020. The molecule has 1 N–H and O–H groups in total. The fraction of sp³-hybridized carbons (Fsp3) is 0.143. The predicted octanol–water partition coefficient (Wildman–Crippen LogP) is 4.28. The van der Waals surface area contributed by atoms with Crippen molar-refractivity contribution < 1.29 is 9.21 Å². The summed E-state index contributed by atoms with van der Waals surface area (Å²) in [5.74, 6) is 2.55. The third-order valence-corrected chi connectivity index (χ3v) is 5.20. The van der Waals surface area contributed by atoms with Gasteiger partial charge in [-0.3, -0.25) is 9.36 Å². The molecule has 0 aliphatic rings. The maximum atomic E-state index is 12.3. The second-order valence-corrected chi connectivity index (χ2v) is 7.14. The van der Waals surface area contributed by atoms with Crippen molar-refractivity contribution in [2.24, 2.45) is 0 Å². The van der Waals surface area contributed by atoms with Crippen molar-refractivity contribution in [3.05, 3.63) is 84.6 Å². The van der Waals surface area contributed by atoms with Crippen molar-refractivity contribution in [3.8, 4) is 5.69 Å². The first kappa shape index (κ1) is 17.4. The van der Waals surface area contributed by atoms with E-state index in [-0.39, 0.29) is 5.91 Å². The quantitative estimate of drug-likeness (QED) is 0.488. The van der Waals surface area contributed by atoms with Crippen LogP contribution in [-0.4, -0.2) is 27.8 Å². The van der Waals surface area contributed by atoms with E-state index in [9.17, 15) is 4.79 Å². The number of thioether (sulfide) groups is 1. The average molecular weight is 377 g/mol. The van der Waals surface area contributed by atoms with E-state index in [4.69, 9.17) is 4.42 Å². The van der Waals surface area contributed by atoms with Crippen LogP contribution in [0.15, 0.2) is 77.7 Å². The summed E-state index contributed by atoms with van der Waals surface area (Å²) in [4.78, 5) is 16.7. The number of nitrogens with zero attached hydrogens (tertiary/aromatic N) is 2. The Balaban J connectivity index is 1.32. The summed E-state index contributed by atoms with van der Waals surface area (Å²) >= 11 is 1.73. The number of para-hydroxylation sites is 2. The number of carbonyl (C=O) groups is 1. The summed E-state index contributed by atoms with van der Waals surface area (Å²) in [5.41, 5.74) is 3.63. The van der Waals surface area contributed by atoms with Gasteiger partial charge >= 0.3 is 0 Å². The second kappa shape index (κ2) is 8.14. The monoisotopic (exact) mass is 377 g/mol. The van der Waals surface area contributed by atoms with Gasteiger partial charge in [0.1, 0.15) is 12.1 Å². The first-order valence-corrected chi connectivity index (χ1v) is 9.87. The smallest absolute Gasteiger partial charge is 0.251 e. The van der Waals surface area contributed by atoms with Crippen LogP contribution in [0.25, 0.3) is 16.7 Å². The van der Waals surface area contributed by atoms with E-state index < -0.39 is 0 Å². The Labute approximate surface area is 161 Å². The average Bonchev–Trinajstić information content (AvgIpc) is 3.37. The van der Waals surface area contributed by atoms with Crippen LogP contribution in [0, 0.1) is 0 Å². The zero-order chi connectivity index (χ0) is 18.5. The Morgan fingerprint density at radius 3 is 2.74 bits per heavy atom. The summed E-state index contributed by atoms with van der Waals surface area (Å²) < 4.78 is 7.30. The van der Waals surface area contributed by atoms with E-state index in [1.807, 2.05) is 65.2 Å². The first-order valence-electron chi connectivity index (χ1n) is 8.72. The molecule has 2 heterocycles. The third-order valence-electron chi connectivity index (χ3n) is 4.22. The van der Waals surface area contributed by atoms with E-state index in [0.29, 0.717) is 12.1 Å². The molecule has 0 atom stereocenters. The first-order chi connectivity index (χ1) is 13.3. The molecule has 0 saturated carbocycles. The molecular formula is C21H19N3O2S. The molecule has 4 rings (SSSR count). The largest absolute Gasteiger partial charge is 0.468 e. The number of hydrogen-bond donors (Lipinski definition) is 1. The molecule has 27 heavy (non-hydrogen) atoms. The maximum Gasteiger partial charge on any atom is 0.251 e. The number of nitrogens with one attached hydrogen (secondary N) is 1. The summed E-state index contributed by atoms with van der Waals surface area (Å²) in [5, 5.41) is 2.95. The van der Waals surface area contributed by atoms with Crippen molar-refractivity contribution >= 4 is 28.7 Å². The number of aromatic nitrogens is 2. The summed E-state index contributed by atoms with van der Waals surface area (Å²) in [6.07, 6.45) is 3.48. The van der Waals surface area contributed by atoms with Gasteiger partial charge in [-0.2, -0.15) is 11.8 Å². The molecule has 0 aliphatic carbocycles. The van der Waals surface area contributed by atoms with Crippen LogP contribution in [0.1, 0.15) is 16.1 Å². The van der Waals surface area contributed by atoms with Gasteiger partial charge in [0.05, 0.1) is 23.0 Å². The number of benzene rings is 2. The Morgan fingerprint density at radius 1 is 1.07 bits per heavy atom. The minimum atomic E-state index is -0.0596. The van der Waals surface area contributed by atoms with Crippen molar-refractivity contribution in [2.45, 2.75) is 5.75 Å². The molecule has 136 valence electrons. The molecule has 6 heteroatoms. The molecule has 0 aliphatic heterocycles. The molecule has 0 spiro atoms. The van der Waals surface area contributed by atoms with E-state index in [2.05, 4.69) is 10.3 Å². The SMILES string of the molecule is O=C(NCCSCc1ccco1)c1ccc(-n2cnc3ccccc32)cc1. The molecule has 0 fully saturated rings. The molecule has 0 bridgehead atoms. The van der Waals surface area contributed by atoms with Crippen molar-refractivity contribution in [3.63, 3.8) is 0 Å². The molecule has 2 aromatic heterocycles. The molecule has 1 amide bonds. The van der Waals surface area contributed by atoms with Crippen molar-refractivity contribution in [2.75, 3.05) is 12.3 Å². The number of furan rings is 1. The lowest BCUT2D eigenvalue weighted by Crippen LogP contribution is -2.25.